The Morgan fingerprint density at radius 3 is 2.72 bits per heavy atom. The molecular formula is C11H20N2O5. The molecule has 1 heterocycles. The summed E-state index contributed by atoms with van der Waals surface area (Å²) in [5, 5.41) is 11.4. The number of carbonyl (C=O) groups excluding carboxylic acids is 1. The van der Waals surface area contributed by atoms with Gasteiger partial charge in [0, 0.05) is 26.7 Å². The average molecular weight is 260 g/mol. The van der Waals surface area contributed by atoms with Gasteiger partial charge in [0.1, 0.15) is 12.1 Å². The molecule has 1 atom stereocenters. The number of hydrogen-bond donors (Lipinski definition) is 2. The second-order valence-corrected chi connectivity index (χ2v) is 4.26. The maximum Gasteiger partial charge on any atom is 0.323 e. The van der Waals surface area contributed by atoms with E-state index in [2.05, 4.69) is 5.32 Å². The molecule has 18 heavy (non-hydrogen) atoms. The average Bonchev–Trinajstić information content (AvgIpc) is 2.82. The van der Waals surface area contributed by atoms with Crippen molar-refractivity contribution < 1.29 is 24.2 Å². The highest BCUT2D eigenvalue weighted by Gasteiger charge is 2.35. The Labute approximate surface area is 106 Å². The van der Waals surface area contributed by atoms with Crippen molar-refractivity contribution in [2.45, 2.75) is 18.9 Å². The molecule has 1 fully saturated rings. The molecule has 1 unspecified atom stereocenters. The molecule has 0 spiro atoms. The molecule has 2 amide bonds. The van der Waals surface area contributed by atoms with E-state index in [-0.39, 0.29) is 6.54 Å². The van der Waals surface area contributed by atoms with Crippen molar-refractivity contribution in [3.63, 3.8) is 0 Å². The number of methoxy groups -OCH3 is 1. The number of rotatable bonds is 6. The zero-order chi connectivity index (χ0) is 13.6. The van der Waals surface area contributed by atoms with Gasteiger partial charge in [-0.05, 0) is 6.92 Å². The number of hydrogen-bond acceptors (Lipinski definition) is 4. The Hall–Kier alpha value is -1.34. The number of amides is 2. The summed E-state index contributed by atoms with van der Waals surface area (Å²) in [7, 11) is 1.58. The van der Waals surface area contributed by atoms with Crippen LogP contribution < -0.4 is 5.32 Å². The van der Waals surface area contributed by atoms with Gasteiger partial charge >= 0.3 is 12.0 Å². The summed E-state index contributed by atoms with van der Waals surface area (Å²) in [6.45, 7) is 3.13. The molecule has 0 saturated carbocycles. The number of carbonyl (C=O) groups is 2. The molecule has 1 aliphatic heterocycles. The van der Waals surface area contributed by atoms with Gasteiger partial charge < -0.3 is 24.8 Å². The Morgan fingerprint density at radius 1 is 1.56 bits per heavy atom. The predicted octanol–water partition coefficient (Wildman–Crippen LogP) is -0.0920. The number of likely N-dealkylation sites (N-methyl/N-ethyl adjacent to an activating group) is 1. The summed E-state index contributed by atoms with van der Waals surface area (Å²) in [6.07, 6.45) is 0.717. The third-order valence-corrected chi connectivity index (χ3v) is 3.06. The topological polar surface area (TPSA) is 88.1 Å². The molecule has 0 aromatic rings. The lowest BCUT2D eigenvalue weighted by molar-refractivity contribution is -0.137. The van der Waals surface area contributed by atoms with Crippen molar-refractivity contribution >= 4 is 12.0 Å². The van der Waals surface area contributed by atoms with Gasteiger partial charge in [0.25, 0.3) is 0 Å². The zero-order valence-corrected chi connectivity index (χ0v) is 10.8. The van der Waals surface area contributed by atoms with Crippen LogP contribution in [0.3, 0.4) is 0 Å². The lowest BCUT2D eigenvalue weighted by Crippen LogP contribution is -2.50. The van der Waals surface area contributed by atoms with Gasteiger partial charge in [0.2, 0.25) is 0 Å². The molecule has 1 rings (SSSR count). The van der Waals surface area contributed by atoms with Gasteiger partial charge in [0.15, 0.2) is 0 Å². The first-order valence-corrected chi connectivity index (χ1v) is 5.90. The monoisotopic (exact) mass is 260 g/mol. The summed E-state index contributed by atoms with van der Waals surface area (Å²) < 4.78 is 10.6. The van der Waals surface area contributed by atoms with Gasteiger partial charge in [-0.25, -0.2) is 4.79 Å². The van der Waals surface area contributed by atoms with Crippen LogP contribution in [0.2, 0.25) is 0 Å². The summed E-state index contributed by atoms with van der Waals surface area (Å²) >= 11 is 0. The SMILES string of the molecule is CCN(CC(=O)O)C(=O)NCC1(OC)CCOC1. The summed E-state index contributed by atoms with van der Waals surface area (Å²) in [6, 6.07) is -0.400. The third-order valence-electron chi connectivity index (χ3n) is 3.06. The highest BCUT2D eigenvalue weighted by Crippen LogP contribution is 2.21. The first kappa shape index (κ1) is 14.7. The first-order chi connectivity index (χ1) is 8.53. The lowest BCUT2D eigenvalue weighted by Gasteiger charge is -2.27. The van der Waals surface area contributed by atoms with Gasteiger partial charge in [-0.15, -0.1) is 0 Å². The highest BCUT2D eigenvalue weighted by atomic mass is 16.5. The number of nitrogens with zero attached hydrogens (tertiary/aromatic N) is 1. The van der Waals surface area contributed by atoms with Crippen LogP contribution >= 0.6 is 0 Å². The van der Waals surface area contributed by atoms with Gasteiger partial charge in [-0.1, -0.05) is 0 Å². The molecule has 104 valence electrons. The smallest absolute Gasteiger partial charge is 0.323 e. The Kier molecular flexibility index (Phi) is 5.36. The van der Waals surface area contributed by atoms with Crippen molar-refractivity contribution in [3.8, 4) is 0 Å². The van der Waals surface area contributed by atoms with E-state index in [0.717, 1.165) is 6.42 Å². The van der Waals surface area contributed by atoms with E-state index in [0.29, 0.717) is 26.3 Å². The maximum absolute atomic E-state index is 11.8. The molecule has 1 aliphatic rings. The van der Waals surface area contributed by atoms with E-state index in [1.165, 1.54) is 4.90 Å². The quantitative estimate of drug-likeness (QED) is 0.696. The van der Waals surface area contributed by atoms with Crippen LogP contribution in [0, 0.1) is 0 Å². The number of carboxylic acid groups (broad SMARTS) is 1. The van der Waals surface area contributed by atoms with E-state index in [9.17, 15) is 9.59 Å². The van der Waals surface area contributed by atoms with E-state index in [1.807, 2.05) is 0 Å². The van der Waals surface area contributed by atoms with Crippen LogP contribution in [0.5, 0.6) is 0 Å². The second-order valence-electron chi connectivity index (χ2n) is 4.26. The minimum Gasteiger partial charge on any atom is -0.480 e. The van der Waals surface area contributed by atoms with Crippen LogP contribution in [0.4, 0.5) is 4.79 Å². The van der Waals surface area contributed by atoms with Crippen molar-refractivity contribution in [1.82, 2.24) is 10.2 Å². The normalized spacial score (nSPS) is 22.8. The fourth-order valence-electron chi connectivity index (χ4n) is 1.80. The summed E-state index contributed by atoms with van der Waals surface area (Å²) in [5.41, 5.74) is -0.488. The Morgan fingerprint density at radius 2 is 2.28 bits per heavy atom. The minimum absolute atomic E-state index is 0.307. The number of nitrogens with one attached hydrogen (secondary N) is 1. The third kappa shape index (κ3) is 3.85. The molecule has 0 aromatic heterocycles. The van der Waals surface area contributed by atoms with Crippen LogP contribution in [0.25, 0.3) is 0 Å². The Balaban J connectivity index is 2.45. The van der Waals surface area contributed by atoms with Gasteiger partial charge in [-0.3, -0.25) is 4.79 Å². The fourth-order valence-corrected chi connectivity index (χ4v) is 1.80. The molecule has 0 aromatic carbocycles. The van der Waals surface area contributed by atoms with Crippen molar-refractivity contribution in [3.05, 3.63) is 0 Å². The van der Waals surface area contributed by atoms with Gasteiger partial charge in [-0.2, -0.15) is 0 Å². The lowest BCUT2D eigenvalue weighted by atomic mass is 10.0. The molecule has 0 bridgehead atoms. The largest absolute Gasteiger partial charge is 0.480 e. The van der Waals surface area contributed by atoms with Crippen molar-refractivity contribution in [2.75, 3.05) is 40.0 Å². The standard InChI is InChI=1S/C11H20N2O5/c1-3-13(6-9(14)15)10(16)12-7-11(17-2)4-5-18-8-11/h3-8H2,1-2H3,(H,12,16)(H,14,15). The first-order valence-electron chi connectivity index (χ1n) is 5.90. The molecule has 7 heteroatoms. The van der Waals surface area contributed by atoms with Crippen molar-refractivity contribution in [1.29, 1.82) is 0 Å². The van der Waals surface area contributed by atoms with Crippen LogP contribution in [0.15, 0.2) is 0 Å². The molecule has 2 N–H and O–H groups in total. The molecule has 7 nitrogen and oxygen atoms in total. The van der Waals surface area contributed by atoms with Crippen molar-refractivity contribution in [2.24, 2.45) is 0 Å². The Bertz CT molecular complexity index is 302. The molecular weight excluding hydrogens is 240 g/mol. The molecule has 0 aliphatic carbocycles. The van der Waals surface area contributed by atoms with Crippen LogP contribution in [0.1, 0.15) is 13.3 Å². The van der Waals surface area contributed by atoms with E-state index >= 15 is 0 Å². The maximum atomic E-state index is 11.8. The number of urea groups is 1. The fraction of sp³-hybridized carbons (Fsp3) is 0.818. The molecule has 0 radical (unpaired) electrons. The van der Waals surface area contributed by atoms with Gasteiger partial charge in [0.05, 0.1) is 13.2 Å². The molecule has 1 saturated heterocycles. The second kappa shape index (κ2) is 6.55. The summed E-state index contributed by atoms with van der Waals surface area (Å²) in [5.74, 6) is -1.03. The van der Waals surface area contributed by atoms with E-state index < -0.39 is 17.6 Å². The predicted molar refractivity (Wildman–Crippen MR) is 63.5 cm³/mol. The van der Waals surface area contributed by atoms with Crippen LogP contribution in [-0.4, -0.2) is 67.6 Å². The van der Waals surface area contributed by atoms with E-state index in [4.69, 9.17) is 14.6 Å². The number of ether oxygens (including phenoxy) is 2. The minimum atomic E-state index is -1.03. The zero-order valence-electron chi connectivity index (χ0n) is 10.8. The highest BCUT2D eigenvalue weighted by molar-refractivity contribution is 5.80. The summed E-state index contributed by atoms with van der Waals surface area (Å²) in [4.78, 5) is 23.6. The number of aliphatic carboxylic acids is 1. The van der Waals surface area contributed by atoms with Crippen LogP contribution in [-0.2, 0) is 14.3 Å². The van der Waals surface area contributed by atoms with E-state index in [1.54, 1.807) is 14.0 Å². The number of carboxylic acids is 1.